The van der Waals surface area contributed by atoms with Crippen LogP contribution in [0.5, 0.6) is 0 Å². The van der Waals surface area contributed by atoms with Crippen molar-refractivity contribution in [3.8, 4) is 0 Å². The molecular weight excluding hydrogens is 226 g/mol. The molecule has 1 aromatic heterocycles. The molecule has 96 valence electrons. The molecule has 2 atom stereocenters. The van der Waals surface area contributed by atoms with E-state index in [2.05, 4.69) is 16.4 Å². The average molecular weight is 245 g/mol. The maximum atomic E-state index is 11.4. The fraction of sp³-hybridized carbons (Fsp3) is 0.429. The molecule has 18 heavy (non-hydrogen) atoms. The second-order valence-corrected chi connectivity index (χ2v) is 4.71. The molecule has 1 aliphatic rings. The molecule has 1 aliphatic carbocycles. The SMILES string of the molecule is Cc1cccc(CN[C@@H]2CC=CC[C@H]2C(N)=O)n1. The standard InChI is InChI=1S/C14H19N3O/c1-10-5-4-6-11(17-10)9-16-13-8-3-2-7-12(13)14(15)18/h2-6,12-13,16H,7-9H2,1H3,(H2,15,18)/t12-,13-/m1/s1. The number of nitrogens with one attached hydrogen (secondary N) is 1. The fourth-order valence-corrected chi connectivity index (χ4v) is 2.29. The highest BCUT2D eigenvalue weighted by atomic mass is 16.1. The molecular formula is C14H19N3O. The molecule has 0 unspecified atom stereocenters. The van der Waals surface area contributed by atoms with Gasteiger partial charge in [0.25, 0.3) is 0 Å². The number of hydrogen-bond acceptors (Lipinski definition) is 3. The van der Waals surface area contributed by atoms with Gasteiger partial charge in [-0.2, -0.15) is 0 Å². The monoisotopic (exact) mass is 245 g/mol. The first-order valence-electron chi connectivity index (χ1n) is 6.27. The van der Waals surface area contributed by atoms with Crippen LogP contribution in [-0.2, 0) is 11.3 Å². The molecule has 0 saturated carbocycles. The number of aryl methyl sites for hydroxylation is 1. The summed E-state index contributed by atoms with van der Waals surface area (Å²) in [5.41, 5.74) is 7.42. The molecule has 1 aromatic rings. The van der Waals surface area contributed by atoms with E-state index in [1.165, 1.54) is 0 Å². The Balaban J connectivity index is 1.96. The van der Waals surface area contributed by atoms with Crippen LogP contribution in [0.3, 0.4) is 0 Å². The molecule has 1 heterocycles. The van der Waals surface area contributed by atoms with Crippen LogP contribution < -0.4 is 11.1 Å². The third-order valence-corrected chi connectivity index (χ3v) is 3.29. The molecule has 4 nitrogen and oxygen atoms in total. The van der Waals surface area contributed by atoms with Crippen LogP contribution in [0.15, 0.2) is 30.4 Å². The van der Waals surface area contributed by atoms with Crippen molar-refractivity contribution in [2.45, 2.75) is 32.4 Å². The lowest BCUT2D eigenvalue weighted by Crippen LogP contribution is -2.43. The molecule has 0 fully saturated rings. The van der Waals surface area contributed by atoms with Crippen molar-refractivity contribution in [1.82, 2.24) is 10.3 Å². The summed E-state index contributed by atoms with van der Waals surface area (Å²) in [5.74, 6) is -0.339. The van der Waals surface area contributed by atoms with Gasteiger partial charge in [-0.05, 0) is 31.9 Å². The molecule has 4 heteroatoms. The van der Waals surface area contributed by atoms with Gasteiger partial charge in [0, 0.05) is 18.3 Å². The van der Waals surface area contributed by atoms with Crippen molar-refractivity contribution in [2.24, 2.45) is 11.7 Å². The highest BCUT2D eigenvalue weighted by molar-refractivity contribution is 5.77. The normalized spacial score (nSPS) is 22.9. The first kappa shape index (κ1) is 12.8. The van der Waals surface area contributed by atoms with Crippen LogP contribution >= 0.6 is 0 Å². The number of aromatic nitrogens is 1. The number of allylic oxidation sites excluding steroid dienone is 1. The lowest BCUT2D eigenvalue weighted by atomic mass is 9.88. The molecule has 0 spiro atoms. The van der Waals surface area contributed by atoms with Crippen LogP contribution in [0.1, 0.15) is 24.2 Å². The van der Waals surface area contributed by atoms with Crippen LogP contribution in [-0.4, -0.2) is 16.9 Å². The summed E-state index contributed by atoms with van der Waals surface area (Å²) in [6, 6.07) is 6.07. The Morgan fingerprint density at radius 2 is 2.22 bits per heavy atom. The number of amides is 1. The minimum Gasteiger partial charge on any atom is -0.369 e. The zero-order valence-electron chi connectivity index (χ0n) is 10.6. The lowest BCUT2D eigenvalue weighted by molar-refractivity contribution is -0.122. The lowest BCUT2D eigenvalue weighted by Gasteiger charge is -2.26. The number of nitrogens with zero attached hydrogens (tertiary/aromatic N) is 1. The second-order valence-electron chi connectivity index (χ2n) is 4.71. The summed E-state index contributed by atoms with van der Waals surface area (Å²) in [6.45, 7) is 2.64. The number of hydrogen-bond donors (Lipinski definition) is 2. The van der Waals surface area contributed by atoms with Crippen molar-refractivity contribution in [2.75, 3.05) is 0 Å². The smallest absolute Gasteiger partial charge is 0.222 e. The van der Waals surface area contributed by atoms with Gasteiger partial charge in [0.1, 0.15) is 0 Å². The van der Waals surface area contributed by atoms with Crippen LogP contribution in [0.25, 0.3) is 0 Å². The second kappa shape index (κ2) is 5.78. The van der Waals surface area contributed by atoms with E-state index in [9.17, 15) is 4.79 Å². The molecule has 3 N–H and O–H groups in total. The molecule has 2 rings (SSSR count). The highest BCUT2D eigenvalue weighted by Gasteiger charge is 2.26. The summed E-state index contributed by atoms with van der Waals surface area (Å²) >= 11 is 0. The van der Waals surface area contributed by atoms with Gasteiger partial charge in [-0.25, -0.2) is 0 Å². The van der Waals surface area contributed by atoms with E-state index >= 15 is 0 Å². The third kappa shape index (κ3) is 3.17. The average Bonchev–Trinajstić information content (AvgIpc) is 2.37. The van der Waals surface area contributed by atoms with Crippen molar-refractivity contribution >= 4 is 5.91 Å². The number of carbonyl (C=O) groups is 1. The van der Waals surface area contributed by atoms with Crippen molar-refractivity contribution < 1.29 is 4.79 Å². The van der Waals surface area contributed by atoms with Crippen LogP contribution in [0.2, 0.25) is 0 Å². The number of nitrogens with two attached hydrogens (primary N) is 1. The highest BCUT2D eigenvalue weighted by Crippen LogP contribution is 2.19. The van der Waals surface area contributed by atoms with E-state index in [0.29, 0.717) is 6.54 Å². The predicted molar refractivity (Wildman–Crippen MR) is 70.7 cm³/mol. The zero-order chi connectivity index (χ0) is 13.0. The van der Waals surface area contributed by atoms with Crippen molar-refractivity contribution in [3.63, 3.8) is 0 Å². The summed E-state index contributed by atoms with van der Waals surface area (Å²) in [4.78, 5) is 15.8. The Bertz CT molecular complexity index is 456. The minimum atomic E-state index is -0.228. The van der Waals surface area contributed by atoms with E-state index in [1.807, 2.05) is 31.2 Å². The van der Waals surface area contributed by atoms with E-state index in [0.717, 1.165) is 24.2 Å². The Morgan fingerprint density at radius 3 is 2.94 bits per heavy atom. The van der Waals surface area contributed by atoms with Gasteiger partial charge in [0.05, 0.1) is 11.6 Å². The van der Waals surface area contributed by atoms with Crippen molar-refractivity contribution in [3.05, 3.63) is 41.7 Å². The molecule has 0 bridgehead atoms. The summed E-state index contributed by atoms with van der Waals surface area (Å²) in [5, 5.41) is 3.38. The molecule has 0 saturated heterocycles. The maximum Gasteiger partial charge on any atom is 0.222 e. The first-order chi connectivity index (χ1) is 8.66. The summed E-state index contributed by atoms with van der Waals surface area (Å²) < 4.78 is 0. The van der Waals surface area contributed by atoms with E-state index in [1.54, 1.807) is 0 Å². The van der Waals surface area contributed by atoms with Gasteiger partial charge in [0.2, 0.25) is 5.91 Å². The first-order valence-corrected chi connectivity index (χ1v) is 6.27. The number of pyridine rings is 1. The zero-order valence-corrected chi connectivity index (χ0v) is 10.6. The minimum absolute atomic E-state index is 0.111. The summed E-state index contributed by atoms with van der Waals surface area (Å²) in [6.07, 6.45) is 5.70. The number of rotatable bonds is 4. The van der Waals surface area contributed by atoms with Gasteiger partial charge in [-0.15, -0.1) is 0 Å². The molecule has 0 aliphatic heterocycles. The number of primary amides is 1. The molecule has 0 aromatic carbocycles. The van der Waals surface area contributed by atoms with E-state index in [4.69, 9.17) is 5.73 Å². The maximum absolute atomic E-state index is 11.4. The third-order valence-electron chi connectivity index (χ3n) is 3.29. The van der Waals surface area contributed by atoms with Crippen LogP contribution in [0.4, 0.5) is 0 Å². The van der Waals surface area contributed by atoms with Gasteiger partial charge in [-0.3, -0.25) is 9.78 Å². The molecule has 1 amide bonds. The Kier molecular flexibility index (Phi) is 4.10. The summed E-state index contributed by atoms with van der Waals surface area (Å²) in [7, 11) is 0. The van der Waals surface area contributed by atoms with E-state index < -0.39 is 0 Å². The van der Waals surface area contributed by atoms with Crippen LogP contribution in [0, 0.1) is 12.8 Å². The predicted octanol–water partition coefficient (Wildman–Crippen LogP) is 1.30. The van der Waals surface area contributed by atoms with Gasteiger partial charge in [0.15, 0.2) is 0 Å². The topological polar surface area (TPSA) is 68.0 Å². The fourth-order valence-electron chi connectivity index (χ4n) is 2.29. The quantitative estimate of drug-likeness (QED) is 0.786. The Hall–Kier alpha value is -1.68. The van der Waals surface area contributed by atoms with Gasteiger partial charge in [-0.1, -0.05) is 18.2 Å². The number of carbonyl (C=O) groups excluding carboxylic acids is 1. The molecule has 0 radical (unpaired) electrons. The van der Waals surface area contributed by atoms with Gasteiger partial charge >= 0.3 is 0 Å². The Morgan fingerprint density at radius 1 is 1.44 bits per heavy atom. The van der Waals surface area contributed by atoms with Crippen molar-refractivity contribution in [1.29, 1.82) is 0 Å². The Labute approximate surface area is 107 Å². The van der Waals surface area contributed by atoms with Gasteiger partial charge < -0.3 is 11.1 Å². The van der Waals surface area contributed by atoms with E-state index in [-0.39, 0.29) is 17.9 Å². The largest absolute Gasteiger partial charge is 0.369 e.